The van der Waals surface area contributed by atoms with Crippen LogP contribution in [0.2, 0.25) is 18.1 Å². The van der Waals surface area contributed by atoms with Crippen molar-refractivity contribution in [3.8, 4) is 0 Å². The largest absolute Gasteiger partial charge is 0.463 e. The number of esters is 1. The highest BCUT2D eigenvalue weighted by Crippen LogP contribution is 2.36. The summed E-state index contributed by atoms with van der Waals surface area (Å²) in [6, 6.07) is 9.05. The average molecular weight is 450 g/mol. The van der Waals surface area contributed by atoms with Crippen LogP contribution in [0.4, 0.5) is 4.79 Å². The van der Waals surface area contributed by atoms with E-state index in [2.05, 4.69) is 39.2 Å². The molecule has 6 nitrogen and oxygen atoms in total. The maximum Gasteiger partial charge on any atom is 0.407 e. The van der Waals surface area contributed by atoms with Crippen molar-refractivity contribution in [3.05, 3.63) is 47.5 Å². The van der Waals surface area contributed by atoms with Crippen molar-refractivity contribution in [2.75, 3.05) is 13.2 Å². The average Bonchev–Trinajstić information content (AvgIpc) is 2.70. The lowest BCUT2D eigenvalue weighted by atomic mass is 10.0. The SMILES string of the molecule is CCOC(=O)/C(C)=C/[C@@H](NC(=O)OCc1ccccc1)[C@H](C)CO[Si](C)(C)C(C)(C)C. The maximum absolute atomic E-state index is 12.5. The normalized spacial score (nSPS) is 14.5. The van der Waals surface area contributed by atoms with Crippen molar-refractivity contribution in [3.63, 3.8) is 0 Å². The minimum atomic E-state index is -1.94. The van der Waals surface area contributed by atoms with Crippen molar-refractivity contribution >= 4 is 20.4 Å². The van der Waals surface area contributed by atoms with Gasteiger partial charge in [0.05, 0.1) is 12.6 Å². The molecule has 0 radical (unpaired) electrons. The molecule has 1 N–H and O–H groups in total. The lowest BCUT2D eigenvalue weighted by molar-refractivity contribution is -0.138. The molecule has 31 heavy (non-hydrogen) atoms. The first-order valence-corrected chi connectivity index (χ1v) is 13.7. The van der Waals surface area contributed by atoms with Crippen molar-refractivity contribution in [1.82, 2.24) is 5.32 Å². The standard InChI is InChI=1S/C24H39NO5Si/c1-9-28-22(26)18(2)15-21(19(3)16-30-31(7,8)24(4,5)6)25-23(27)29-17-20-13-11-10-12-14-20/h10-15,19,21H,9,16-17H2,1-8H3,(H,25,27)/b18-15+/t19-,21-/m1/s1. The number of ether oxygens (including phenoxy) is 2. The molecule has 0 bridgehead atoms. The van der Waals surface area contributed by atoms with E-state index in [0.717, 1.165) is 5.56 Å². The van der Waals surface area contributed by atoms with Gasteiger partial charge in [-0.2, -0.15) is 0 Å². The molecular weight excluding hydrogens is 410 g/mol. The number of benzene rings is 1. The third-order valence-corrected chi connectivity index (χ3v) is 10.2. The van der Waals surface area contributed by atoms with Gasteiger partial charge in [0.2, 0.25) is 0 Å². The van der Waals surface area contributed by atoms with Crippen LogP contribution >= 0.6 is 0 Å². The van der Waals surface area contributed by atoms with Crippen LogP contribution in [0.15, 0.2) is 42.0 Å². The van der Waals surface area contributed by atoms with E-state index in [0.29, 0.717) is 18.8 Å². The highest BCUT2D eigenvalue weighted by atomic mass is 28.4. The van der Waals surface area contributed by atoms with E-state index in [1.54, 1.807) is 19.9 Å². The first kappa shape index (κ1) is 26.9. The van der Waals surface area contributed by atoms with Crippen LogP contribution in [-0.2, 0) is 25.3 Å². The van der Waals surface area contributed by atoms with Gasteiger partial charge in [0, 0.05) is 18.1 Å². The summed E-state index contributed by atoms with van der Waals surface area (Å²) in [5, 5.41) is 2.96. The molecule has 0 aliphatic carbocycles. The van der Waals surface area contributed by atoms with Gasteiger partial charge >= 0.3 is 12.1 Å². The molecule has 2 atom stereocenters. The highest BCUT2D eigenvalue weighted by Gasteiger charge is 2.37. The van der Waals surface area contributed by atoms with Crippen molar-refractivity contribution in [2.45, 2.75) is 72.3 Å². The van der Waals surface area contributed by atoms with Gasteiger partial charge in [-0.3, -0.25) is 0 Å². The molecule has 1 aromatic rings. The smallest absolute Gasteiger partial charge is 0.407 e. The Hall–Kier alpha value is -2.12. The lowest BCUT2D eigenvalue weighted by Gasteiger charge is -2.37. The first-order chi connectivity index (χ1) is 14.4. The first-order valence-electron chi connectivity index (χ1n) is 10.8. The molecule has 174 valence electrons. The lowest BCUT2D eigenvalue weighted by Crippen LogP contribution is -2.45. The molecule has 0 unspecified atom stereocenters. The molecule has 1 rings (SSSR count). The summed E-state index contributed by atoms with van der Waals surface area (Å²) in [5.41, 5.74) is 1.34. The number of alkyl carbamates (subject to hydrolysis) is 1. The van der Waals surface area contributed by atoms with Gasteiger partial charge in [-0.1, -0.05) is 64.1 Å². The van der Waals surface area contributed by atoms with Crippen molar-refractivity contribution in [2.24, 2.45) is 5.92 Å². The zero-order valence-corrected chi connectivity index (χ0v) is 21.3. The van der Waals surface area contributed by atoms with Crippen LogP contribution in [0, 0.1) is 5.92 Å². The number of hydrogen-bond donors (Lipinski definition) is 1. The maximum atomic E-state index is 12.5. The second-order valence-electron chi connectivity index (χ2n) is 9.35. The molecule has 0 aromatic heterocycles. The number of hydrogen-bond acceptors (Lipinski definition) is 5. The minimum absolute atomic E-state index is 0.0669. The Morgan fingerprint density at radius 2 is 1.74 bits per heavy atom. The number of nitrogens with one attached hydrogen (secondary N) is 1. The Labute approximate surface area is 188 Å². The predicted octanol–water partition coefficient (Wildman–Crippen LogP) is 5.45. The summed E-state index contributed by atoms with van der Waals surface area (Å²) in [7, 11) is -1.94. The van der Waals surface area contributed by atoms with Gasteiger partial charge in [-0.25, -0.2) is 9.59 Å². The fraction of sp³-hybridized carbons (Fsp3) is 0.583. The second kappa shape index (κ2) is 12.1. The van der Waals surface area contributed by atoms with Crippen LogP contribution in [0.25, 0.3) is 0 Å². The Bertz CT molecular complexity index is 740. The number of carbonyl (C=O) groups is 2. The fourth-order valence-electron chi connectivity index (χ4n) is 2.49. The fourth-order valence-corrected chi connectivity index (χ4v) is 3.60. The molecular formula is C24H39NO5Si. The summed E-state index contributed by atoms with van der Waals surface area (Å²) in [6.45, 7) is 17.3. The summed E-state index contributed by atoms with van der Waals surface area (Å²) in [6.07, 6.45) is 1.18. The highest BCUT2D eigenvalue weighted by molar-refractivity contribution is 6.74. The van der Waals surface area contributed by atoms with E-state index in [-0.39, 0.29) is 17.6 Å². The summed E-state index contributed by atoms with van der Waals surface area (Å²) >= 11 is 0. The number of rotatable bonds is 10. The Morgan fingerprint density at radius 1 is 1.13 bits per heavy atom. The van der Waals surface area contributed by atoms with E-state index in [1.165, 1.54) is 0 Å². The number of amides is 1. The van der Waals surface area contributed by atoms with E-state index >= 15 is 0 Å². The molecule has 0 aliphatic rings. The van der Waals surface area contributed by atoms with Gasteiger partial charge in [0.15, 0.2) is 8.32 Å². The monoisotopic (exact) mass is 449 g/mol. The van der Waals surface area contributed by atoms with Crippen molar-refractivity contribution < 1.29 is 23.5 Å². The molecule has 1 amide bonds. The molecule has 0 fully saturated rings. The van der Waals surface area contributed by atoms with Crippen LogP contribution < -0.4 is 5.32 Å². The minimum Gasteiger partial charge on any atom is -0.463 e. The van der Waals surface area contributed by atoms with Gasteiger partial charge in [-0.15, -0.1) is 0 Å². The van der Waals surface area contributed by atoms with Crippen LogP contribution in [0.3, 0.4) is 0 Å². The van der Waals surface area contributed by atoms with E-state index in [4.69, 9.17) is 13.9 Å². The molecule has 0 saturated heterocycles. The summed E-state index contributed by atoms with van der Waals surface area (Å²) in [4.78, 5) is 24.5. The predicted molar refractivity (Wildman–Crippen MR) is 126 cm³/mol. The summed E-state index contributed by atoms with van der Waals surface area (Å²) < 4.78 is 16.8. The van der Waals surface area contributed by atoms with Gasteiger partial charge < -0.3 is 19.2 Å². The zero-order chi connectivity index (χ0) is 23.7. The van der Waals surface area contributed by atoms with Crippen LogP contribution in [0.5, 0.6) is 0 Å². The number of carbonyl (C=O) groups excluding carboxylic acids is 2. The Morgan fingerprint density at radius 3 is 2.29 bits per heavy atom. The van der Waals surface area contributed by atoms with Crippen molar-refractivity contribution in [1.29, 1.82) is 0 Å². The van der Waals surface area contributed by atoms with Gasteiger partial charge in [0.25, 0.3) is 0 Å². The second-order valence-corrected chi connectivity index (χ2v) is 14.2. The topological polar surface area (TPSA) is 73.9 Å². The van der Waals surface area contributed by atoms with E-state index in [1.807, 2.05) is 37.3 Å². The molecule has 0 saturated carbocycles. The van der Waals surface area contributed by atoms with Gasteiger partial charge in [-0.05, 0) is 37.5 Å². The molecule has 0 spiro atoms. The van der Waals surface area contributed by atoms with E-state index < -0.39 is 26.4 Å². The Kier molecular flexibility index (Phi) is 10.5. The third kappa shape index (κ3) is 9.27. The van der Waals surface area contributed by atoms with Gasteiger partial charge in [0.1, 0.15) is 6.61 Å². The molecule has 0 aliphatic heterocycles. The third-order valence-electron chi connectivity index (χ3n) is 5.65. The summed E-state index contributed by atoms with van der Waals surface area (Å²) in [5.74, 6) is -0.466. The molecule has 7 heteroatoms. The Balaban J connectivity index is 2.88. The van der Waals surface area contributed by atoms with E-state index in [9.17, 15) is 9.59 Å². The quantitative estimate of drug-likeness (QED) is 0.292. The van der Waals surface area contributed by atoms with Crippen LogP contribution in [0.1, 0.15) is 47.1 Å². The molecule has 1 aromatic carbocycles. The van der Waals surface area contributed by atoms with Crippen LogP contribution in [-0.4, -0.2) is 39.6 Å². The zero-order valence-electron chi connectivity index (χ0n) is 20.3. The molecule has 0 heterocycles.